The number of halogens is 4. The second kappa shape index (κ2) is 20.9. The molecule has 0 N–H and O–H groups in total. The van der Waals surface area contributed by atoms with Gasteiger partial charge in [-0.3, -0.25) is 20.0 Å². The number of aliphatic imine (C=N–C) groups is 2. The van der Waals surface area contributed by atoms with Crippen LogP contribution in [0.5, 0.6) is 0 Å². The molecule has 3 aromatic rings. The minimum Gasteiger partial charge on any atom is -0.261 e. The molecule has 0 amide bonds. The molecule has 0 spiro atoms. The molecule has 0 aliphatic rings. The fourth-order valence-corrected chi connectivity index (χ4v) is 2.58. The standard InChI is InChI=1S/C22H22N4.4ClH.2Pd/c1-17-15-22(26-14-10-20-8-4-6-12-24-20)18(2)16-21(17)25-13-9-19-7-3-5-11-23-19;;;;;;/h3-8,11-16H,9-10H2,1-2H3;4*1H;;. The number of hydrogen-bond acceptors (Lipinski definition) is 4. The molecule has 0 bridgehead atoms. The molecule has 3 rings (SSSR count). The van der Waals surface area contributed by atoms with Crippen LogP contribution in [0.25, 0.3) is 0 Å². The number of nitrogens with zero attached hydrogens (tertiary/aromatic N) is 4. The Morgan fingerprint density at radius 2 is 1.03 bits per heavy atom. The van der Waals surface area contributed by atoms with Gasteiger partial charge in [0.1, 0.15) is 0 Å². The second-order valence-corrected chi connectivity index (χ2v) is 6.10. The van der Waals surface area contributed by atoms with Crippen molar-refractivity contribution in [3.05, 3.63) is 83.4 Å². The molecular weight excluding hydrogens is 675 g/mol. The van der Waals surface area contributed by atoms with E-state index in [1.54, 1.807) is 12.4 Å². The van der Waals surface area contributed by atoms with Crippen LogP contribution in [-0.4, -0.2) is 22.4 Å². The molecule has 0 aliphatic heterocycles. The molecule has 1 aromatic carbocycles. The topological polar surface area (TPSA) is 50.5 Å². The number of benzene rings is 1. The number of hydrogen-bond donors (Lipinski definition) is 0. The molecule has 0 saturated heterocycles. The first-order valence-corrected chi connectivity index (χ1v) is 8.68. The molecule has 0 saturated carbocycles. The molecule has 182 valence electrons. The minimum absolute atomic E-state index is 0. The Morgan fingerprint density at radius 1 is 0.656 bits per heavy atom. The van der Waals surface area contributed by atoms with E-state index in [4.69, 9.17) is 0 Å². The van der Waals surface area contributed by atoms with Crippen LogP contribution in [0.4, 0.5) is 11.4 Å². The van der Waals surface area contributed by atoms with Gasteiger partial charge in [-0.2, -0.15) is 0 Å². The Labute approximate surface area is 242 Å². The molecule has 0 unspecified atom stereocenters. The summed E-state index contributed by atoms with van der Waals surface area (Å²) in [6.07, 6.45) is 8.88. The molecule has 2 heterocycles. The Balaban J connectivity index is -0.000000653. The van der Waals surface area contributed by atoms with Crippen LogP contribution in [0.2, 0.25) is 0 Å². The van der Waals surface area contributed by atoms with Crippen molar-refractivity contribution in [2.45, 2.75) is 26.7 Å². The van der Waals surface area contributed by atoms with Crippen LogP contribution in [-0.2, 0) is 53.7 Å². The van der Waals surface area contributed by atoms with Crippen molar-refractivity contribution in [1.29, 1.82) is 0 Å². The normalized spacial score (nSPS) is 9.31. The fourth-order valence-electron chi connectivity index (χ4n) is 2.58. The first-order valence-electron chi connectivity index (χ1n) is 8.68. The summed E-state index contributed by atoms with van der Waals surface area (Å²) < 4.78 is 0. The molecule has 10 heteroatoms. The van der Waals surface area contributed by atoms with Crippen LogP contribution in [0.15, 0.2) is 70.9 Å². The van der Waals surface area contributed by atoms with E-state index in [9.17, 15) is 0 Å². The van der Waals surface area contributed by atoms with Crippen LogP contribution in [0, 0.1) is 13.8 Å². The van der Waals surface area contributed by atoms with E-state index < -0.39 is 0 Å². The van der Waals surface area contributed by atoms with Gasteiger partial charge in [0.25, 0.3) is 0 Å². The Morgan fingerprint density at radius 3 is 1.34 bits per heavy atom. The molecule has 0 aliphatic carbocycles. The van der Waals surface area contributed by atoms with E-state index in [1.165, 1.54) is 0 Å². The molecule has 2 aromatic heterocycles. The van der Waals surface area contributed by atoms with Gasteiger partial charge in [-0.1, -0.05) is 12.1 Å². The first kappa shape index (κ1) is 38.6. The first-order chi connectivity index (χ1) is 12.7. The van der Waals surface area contributed by atoms with Crippen LogP contribution in [0.3, 0.4) is 0 Å². The summed E-state index contributed by atoms with van der Waals surface area (Å²) in [4.78, 5) is 17.8. The van der Waals surface area contributed by atoms with Gasteiger partial charge in [0, 0.05) is 89.9 Å². The average molecular weight is 701 g/mol. The molecule has 4 nitrogen and oxygen atoms in total. The second-order valence-electron chi connectivity index (χ2n) is 6.10. The molecule has 0 fully saturated rings. The van der Waals surface area contributed by atoms with E-state index >= 15 is 0 Å². The van der Waals surface area contributed by atoms with Gasteiger partial charge in [0.15, 0.2) is 0 Å². The predicted octanol–water partition coefficient (Wildman–Crippen LogP) is 6.67. The van der Waals surface area contributed by atoms with Crippen molar-refractivity contribution in [2.24, 2.45) is 9.98 Å². The summed E-state index contributed by atoms with van der Waals surface area (Å²) >= 11 is 0. The Hall–Kier alpha value is -0.655. The number of aryl methyl sites for hydroxylation is 2. The van der Waals surface area contributed by atoms with Crippen LogP contribution >= 0.6 is 49.6 Å². The third-order valence-corrected chi connectivity index (χ3v) is 4.03. The van der Waals surface area contributed by atoms with Gasteiger partial charge < -0.3 is 0 Å². The Bertz CT molecular complexity index is 851. The van der Waals surface area contributed by atoms with Gasteiger partial charge in [-0.15, -0.1) is 49.6 Å². The number of aromatic nitrogens is 2. The maximum Gasteiger partial charge on any atom is 0.0659 e. The van der Waals surface area contributed by atoms with E-state index in [-0.39, 0.29) is 90.5 Å². The third kappa shape index (κ3) is 12.5. The summed E-state index contributed by atoms with van der Waals surface area (Å²) in [6, 6.07) is 16.0. The largest absolute Gasteiger partial charge is 0.261 e. The maximum absolute atomic E-state index is 4.60. The van der Waals surface area contributed by atoms with Crippen molar-refractivity contribution in [3.63, 3.8) is 0 Å². The van der Waals surface area contributed by atoms with Crippen LogP contribution < -0.4 is 0 Å². The number of rotatable bonds is 6. The maximum atomic E-state index is 4.60. The van der Waals surface area contributed by atoms with Gasteiger partial charge in [0.2, 0.25) is 0 Å². The SMILES string of the molecule is Cc1cc(N=CCc2ccccn2)c(C)cc1N=CCc1ccccn1.Cl.Cl.Cl.Cl.[Pd].[Pd]. The fraction of sp³-hybridized carbons (Fsp3) is 0.182. The van der Waals surface area contributed by atoms with Crippen molar-refractivity contribution in [3.8, 4) is 0 Å². The van der Waals surface area contributed by atoms with E-state index in [2.05, 4.69) is 45.9 Å². The smallest absolute Gasteiger partial charge is 0.0659 e. The van der Waals surface area contributed by atoms with Crippen molar-refractivity contribution in [1.82, 2.24) is 9.97 Å². The zero-order valence-corrected chi connectivity index (χ0v) is 23.8. The minimum atomic E-state index is 0. The molecule has 32 heavy (non-hydrogen) atoms. The summed E-state index contributed by atoms with van der Waals surface area (Å²) in [6.45, 7) is 4.12. The van der Waals surface area contributed by atoms with Gasteiger partial charge >= 0.3 is 0 Å². The van der Waals surface area contributed by atoms with Gasteiger partial charge in [-0.05, 0) is 61.4 Å². The molecule has 0 atom stereocenters. The summed E-state index contributed by atoms with van der Waals surface area (Å²) in [7, 11) is 0. The monoisotopic (exact) mass is 698 g/mol. The summed E-state index contributed by atoms with van der Waals surface area (Å²) in [5, 5.41) is 0. The number of pyridine rings is 2. The zero-order valence-electron chi connectivity index (χ0n) is 17.4. The quantitative estimate of drug-likeness (QED) is 0.213. The van der Waals surface area contributed by atoms with Crippen molar-refractivity contribution in [2.75, 3.05) is 0 Å². The summed E-state index contributed by atoms with van der Waals surface area (Å²) in [5.41, 5.74) is 6.20. The summed E-state index contributed by atoms with van der Waals surface area (Å²) in [5.74, 6) is 0. The predicted molar refractivity (Wildman–Crippen MR) is 137 cm³/mol. The van der Waals surface area contributed by atoms with Crippen LogP contribution in [0.1, 0.15) is 22.5 Å². The van der Waals surface area contributed by atoms with Gasteiger partial charge in [-0.25, -0.2) is 0 Å². The van der Waals surface area contributed by atoms with Gasteiger partial charge in [0.05, 0.1) is 11.4 Å². The molecule has 0 radical (unpaired) electrons. The van der Waals surface area contributed by atoms with Crippen molar-refractivity contribution >= 4 is 73.4 Å². The molecular formula is C22H26Cl4N4Pd2. The van der Waals surface area contributed by atoms with E-state index in [0.717, 1.165) is 46.7 Å². The Kier molecular flexibility index (Phi) is 25.2. The van der Waals surface area contributed by atoms with Crippen molar-refractivity contribution < 1.29 is 40.8 Å². The van der Waals surface area contributed by atoms with E-state index in [1.807, 2.05) is 48.8 Å². The third-order valence-electron chi connectivity index (χ3n) is 4.03. The zero-order chi connectivity index (χ0) is 18.2. The van der Waals surface area contributed by atoms with E-state index in [0.29, 0.717) is 0 Å². The average Bonchev–Trinajstić information content (AvgIpc) is 2.67.